The molecule has 3 atom stereocenters. The molecule has 2 fully saturated rings. The van der Waals surface area contributed by atoms with E-state index in [9.17, 15) is 19.2 Å². The zero-order valence-electron chi connectivity index (χ0n) is 31.1. The van der Waals surface area contributed by atoms with Crippen molar-refractivity contribution < 1.29 is 28.7 Å². The van der Waals surface area contributed by atoms with Gasteiger partial charge in [-0.2, -0.15) is 0 Å². The van der Waals surface area contributed by atoms with Gasteiger partial charge in [0.15, 0.2) is 6.10 Å². The fraction of sp³-hybridized carbons (Fsp3) is 0.550. The Morgan fingerprint density at radius 1 is 1.00 bits per heavy atom. The van der Waals surface area contributed by atoms with Crippen LogP contribution in [0.3, 0.4) is 0 Å². The Labute approximate surface area is 332 Å². The van der Waals surface area contributed by atoms with Crippen molar-refractivity contribution in [3.63, 3.8) is 0 Å². The Hall–Kier alpha value is -3.59. The maximum absolute atomic E-state index is 14.0. The molecule has 0 spiro atoms. The monoisotopic (exact) mass is 824 g/mol. The van der Waals surface area contributed by atoms with Crippen LogP contribution < -0.4 is 11.1 Å². The van der Waals surface area contributed by atoms with Crippen molar-refractivity contribution in [3.05, 3.63) is 63.6 Å². The van der Waals surface area contributed by atoms with Crippen molar-refractivity contribution >= 4 is 63.8 Å². The van der Waals surface area contributed by atoms with Gasteiger partial charge in [0.05, 0.1) is 18.7 Å². The van der Waals surface area contributed by atoms with Gasteiger partial charge in [0.25, 0.3) is 5.91 Å². The van der Waals surface area contributed by atoms with Crippen LogP contribution in [0.5, 0.6) is 0 Å². The number of anilines is 2. The first-order valence-corrected chi connectivity index (χ1v) is 20.5. The number of nitrogens with one attached hydrogen (secondary N) is 1. The predicted molar refractivity (Wildman–Crippen MR) is 214 cm³/mol. The number of esters is 2. The lowest BCUT2D eigenvalue weighted by Crippen LogP contribution is -2.55. The lowest BCUT2D eigenvalue weighted by atomic mass is 9.91. The van der Waals surface area contributed by atoms with Crippen LogP contribution in [0.15, 0.2) is 57.4 Å². The summed E-state index contributed by atoms with van der Waals surface area (Å²) in [6.07, 6.45) is 6.73. The van der Waals surface area contributed by atoms with Crippen LogP contribution in [0.2, 0.25) is 0 Å². The van der Waals surface area contributed by atoms with E-state index in [2.05, 4.69) is 55.8 Å². The molecule has 2 unspecified atom stereocenters. The number of urea groups is 1. The fourth-order valence-corrected chi connectivity index (χ4v) is 9.03. The number of carbonyl (C=O) groups is 4. The number of fused-ring (bicyclic) bond motifs is 1. The van der Waals surface area contributed by atoms with Gasteiger partial charge in [-0.1, -0.05) is 29.8 Å². The van der Waals surface area contributed by atoms with E-state index in [-0.39, 0.29) is 36.8 Å². The minimum Gasteiger partial charge on any atom is -0.466 e. The van der Waals surface area contributed by atoms with E-state index >= 15 is 0 Å². The second-order valence-electron chi connectivity index (χ2n) is 14.7. The second-order valence-corrected chi connectivity index (χ2v) is 16.0. The first-order chi connectivity index (χ1) is 26.1. The van der Waals surface area contributed by atoms with E-state index in [1.54, 1.807) is 0 Å². The zero-order chi connectivity index (χ0) is 38.2. The number of halogens is 1. The summed E-state index contributed by atoms with van der Waals surface area (Å²) in [5.74, 6) is -0.766. The molecule has 2 saturated heterocycles. The van der Waals surface area contributed by atoms with E-state index in [0.29, 0.717) is 66.7 Å². The first kappa shape index (κ1) is 40.1. The molecule has 3 N–H and O–H groups in total. The molecule has 14 heteroatoms. The number of amides is 3. The third-order valence-corrected chi connectivity index (χ3v) is 12.2. The number of nitrogen functional groups attached to an aromatic ring is 1. The summed E-state index contributed by atoms with van der Waals surface area (Å²) >= 11 is 8.00. The Morgan fingerprint density at radius 3 is 2.54 bits per heavy atom. The summed E-state index contributed by atoms with van der Waals surface area (Å²) in [4.78, 5) is 61.4. The van der Waals surface area contributed by atoms with Gasteiger partial charge in [-0.25, -0.2) is 4.79 Å². The molecule has 292 valence electrons. The average molecular weight is 826 g/mol. The maximum atomic E-state index is 14.0. The van der Waals surface area contributed by atoms with Crippen molar-refractivity contribution in [1.29, 1.82) is 0 Å². The number of nitrogens with zero attached hydrogens (tertiary/aromatic N) is 4. The van der Waals surface area contributed by atoms with Gasteiger partial charge in [-0.3, -0.25) is 19.3 Å². The van der Waals surface area contributed by atoms with E-state index < -0.39 is 12.1 Å². The third kappa shape index (κ3) is 10.4. The van der Waals surface area contributed by atoms with Gasteiger partial charge < -0.3 is 35.2 Å². The number of carbonyl (C=O) groups excluding carboxylic acids is 4. The molecule has 0 radical (unpaired) electrons. The molecule has 54 heavy (non-hydrogen) atoms. The van der Waals surface area contributed by atoms with E-state index in [1.807, 2.05) is 47.1 Å². The smallest absolute Gasteiger partial charge is 0.322 e. The Bertz CT molecular complexity index is 1690. The molecule has 3 heterocycles. The minimum absolute atomic E-state index is 0.0614. The number of para-hydroxylation sites is 1. The van der Waals surface area contributed by atoms with Crippen LogP contribution in [-0.2, 0) is 36.7 Å². The molecular weight excluding hydrogens is 772 g/mol. The second kappa shape index (κ2) is 18.8. The highest BCUT2D eigenvalue weighted by molar-refractivity contribution is 9.10. The molecule has 12 nitrogen and oxygen atoms in total. The summed E-state index contributed by atoms with van der Waals surface area (Å²) in [6.45, 7) is 7.98. The highest BCUT2D eigenvalue weighted by Gasteiger charge is 2.35. The predicted octanol–water partition coefficient (Wildman–Crippen LogP) is 5.30. The average Bonchev–Trinajstić information content (AvgIpc) is 3.58. The molecule has 0 bridgehead atoms. The van der Waals surface area contributed by atoms with E-state index in [0.717, 1.165) is 75.1 Å². The van der Waals surface area contributed by atoms with Crippen molar-refractivity contribution in [1.82, 2.24) is 19.6 Å². The number of hydrogen-bond acceptors (Lipinski definition) is 10. The molecule has 4 aliphatic rings. The van der Waals surface area contributed by atoms with E-state index in [1.165, 1.54) is 5.57 Å². The molecule has 3 amide bonds. The van der Waals surface area contributed by atoms with Crippen LogP contribution in [0.25, 0.3) is 0 Å². The molecule has 3 aliphatic heterocycles. The molecular formula is C40H53BrN6O6S. The number of benzene rings is 2. The Kier molecular flexibility index (Phi) is 14.0. The van der Waals surface area contributed by atoms with Gasteiger partial charge in [-0.05, 0) is 97.2 Å². The summed E-state index contributed by atoms with van der Waals surface area (Å²) in [6, 6.07) is 12.0. The number of likely N-dealkylation sites (tertiary alicyclic amines) is 1. The van der Waals surface area contributed by atoms with Gasteiger partial charge in [0, 0.05) is 85.8 Å². The molecule has 0 saturated carbocycles. The SMILES string of the molecule is CCOC(=O)CCN1CCC(N2CCN(C(=O)[C@@H](Cc3cc(S)c(N)c(Br)c3)OC(=O)CCC3=CCC(N4CCc5ccccc5NC4=O)CC3)CC2)C1. The largest absolute Gasteiger partial charge is 0.466 e. The van der Waals surface area contributed by atoms with Crippen molar-refractivity contribution in [2.75, 3.05) is 70.0 Å². The molecule has 2 aromatic carbocycles. The van der Waals surface area contributed by atoms with Crippen molar-refractivity contribution in [2.24, 2.45) is 0 Å². The number of ether oxygens (including phenoxy) is 2. The lowest BCUT2D eigenvalue weighted by Gasteiger charge is -2.39. The molecule has 1 aliphatic carbocycles. The lowest BCUT2D eigenvalue weighted by molar-refractivity contribution is -0.161. The highest BCUT2D eigenvalue weighted by atomic mass is 79.9. The van der Waals surface area contributed by atoms with Gasteiger partial charge >= 0.3 is 18.0 Å². The minimum atomic E-state index is -0.979. The normalized spacial score (nSPS) is 21.5. The number of allylic oxidation sites excluding steroid dienone is 1. The first-order valence-electron chi connectivity index (χ1n) is 19.3. The van der Waals surface area contributed by atoms with Crippen molar-refractivity contribution in [2.45, 2.75) is 87.8 Å². The molecule has 0 aromatic heterocycles. The summed E-state index contributed by atoms with van der Waals surface area (Å²) < 4.78 is 11.8. The number of rotatable bonds is 13. The van der Waals surface area contributed by atoms with Crippen LogP contribution in [-0.4, -0.2) is 121 Å². The van der Waals surface area contributed by atoms with Crippen LogP contribution >= 0.6 is 28.6 Å². The summed E-state index contributed by atoms with van der Waals surface area (Å²) in [5, 5.41) is 3.07. The number of nitrogens with two attached hydrogens (primary N) is 1. The van der Waals surface area contributed by atoms with Gasteiger partial charge in [0.1, 0.15) is 0 Å². The standard InChI is InChI=1S/C40H53BrN6O6S/c1-2-52-36(48)15-17-44-16-14-31(26-44)45-19-21-46(22-20-45)39(50)34(24-28-23-32(41)38(42)35(54)25-28)53-37(49)12-9-27-7-10-30(11-8-27)47-18-13-29-5-3-4-6-33(29)43-40(47)51/h3-7,23,25,30-31,34,54H,2,8-22,24,26,42H2,1H3,(H,43,51)/t30?,31?,34-/m1/s1. The fourth-order valence-electron chi connectivity index (χ4n) is 8.08. The molecule has 6 rings (SSSR count). The number of hydrogen-bond donors (Lipinski definition) is 3. The number of piperazine rings is 1. The third-order valence-electron chi connectivity index (χ3n) is 11.2. The summed E-state index contributed by atoms with van der Waals surface area (Å²) in [5.41, 5.74) is 10.6. The van der Waals surface area contributed by atoms with Crippen molar-refractivity contribution in [3.8, 4) is 0 Å². The summed E-state index contributed by atoms with van der Waals surface area (Å²) in [7, 11) is 0. The van der Waals surface area contributed by atoms with Gasteiger partial charge in [0.2, 0.25) is 0 Å². The topological polar surface area (TPSA) is 138 Å². The Balaban J connectivity index is 1.01. The molecule has 2 aromatic rings. The Morgan fingerprint density at radius 2 is 1.80 bits per heavy atom. The zero-order valence-corrected chi connectivity index (χ0v) is 33.6. The highest BCUT2D eigenvalue weighted by Crippen LogP contribution is 2.31. The van der Waals surface area contributed by atoms with Crippen LogP contribution in [0.4, 0.5) is 16.2 Å². The van der Waals surface area contributed by atoms with Crippen LogP contribution in [0.1, 0.15) is 63.0 Å². The van der Waals surface area contributed by atoms with Crippen LogP contribution in [0, 0.1) is 0 Å². The van der Waals surface area contributed by atoms with Gasteiger partial charge in [-0.15, -0.1) is 12.6 Å². The van der Waals surface area contributed by atoms with E-state index in [4.69, 9.17) is 15.2 Å². The number of thiol groups is 1. The quantitative estimate of drug-likeness (QED) is 0.107. The maximum Gasteiger partial charge on any atom is 0.322 e.